The van der Waals surface area contributed by atoms with Crippen molar-refractivity contribution in [1.82, 2.24) is 9.88 Å². The van der Waals surface area contributed by atoms with Crippen LogP contribution in [0.5, 0.6) is 5.75 Å². The van der Waals surface area contributed by atoms with Crippen LogP contribution in [0, 0.1) is 0 Å². The van der Waals surface area contributed by atoms with E-state index in [0.717, 1.165) is 36.6 Å². The Bertz CT molecular complexity index is 782. The highest BCUT2D eigenvalue weighted by Gasteiger charge is 2.21. The molecule has 0 atom stereocenters. The Balaban J connectivity index is 1.47. The van der Waals surface area contributed by atoms with Gasteiger partial charge in [0, 0.05) is 38.8 Å². The van der Waals surface area contributed by atoms with Crippen LogP contribution in [0.1, 0.15) is 22.3 Å². The van der Waals surface area contributed by atoms with Gasteiger partial charge in [-0.05, 0) is 36.2 Å². The highest BCUT2D eigenvalue weighted by Crippen LogP contribution is 2.16. The number of amides is 2. The maximum Gasteiger partial charge on any atom is 0.250 e. The first-order chi connectivity index (χ1) is 13.1. The fourth-order valence-corrected chi connectivity index (χ4v) is 3.11. The number of aromatic nitrogens is 1. The summed E-state index contributed by atoms with van der Waals surface area (Å²) in [4.78, 5) is 31.9. The number of aryl methyl sites for hydroxylation is 1. The number of piperazine rings is 1. The minimum absolute atomic E-state index is 0.169. The molecule has 2 amide bonds. The van der Waals surface area contributed by atoms with E-state index in [1.165, 1.54) is 6.20 Å². The molecule has 2 N–H and O–H groups in total. The van der Waals surface area contributed by atoms with Crippen LogP contribution in [0.2, 0.25) is 0 Å². The van der Waals surface area contributed by atoms with Gasteiger partial charge in [-0.15, -0.1) is 0 Å². The highest BCUT2D eigenvalue weighted by molar-refractivity contribution is 5.92. The zero-order chi connectivity index (χ0) is 19.2. The first kappa shape index (κ1) is 18.7. The number of hydrogen-bond donors (Lipinski definition) is 1. The van der Waals surface area contributed by atoms with Crippen LogP contribution >= 0.6 is 0 Å². The third-order valence-corrected chi connectivity index (χ3v) is 4.78. The molecule has 2 heterocycles. The molecule has 3 rings (SSSR count). The lowest BCUT2D eigenvalue weighted by atomic mass is 10.1. The first-order valence-electron chi connectivity index (χ1n) is 8.98. The van der Waals surface area contributed by atoms with Crippen molar-refractivity contribution < 1.29 is 14.3 Å². The van der Waals surface area contributed by atoms with Crippen molar-refractivity contribution in [3.8, 4) is 5.75 Å². The molecule has 0 bridgehead atoms. The van der Waals surface area contributed by atoms with Crippen LogP contribution in [0.25, 0.3) is 0 Å². The highest BCUT2D eigenvalue weighted by atomic mass is 16.5. The Hall–Kier alpha value is -3.09. The number of rotatable bonds is 6. The second-order valence-electron chi connectivity index (χ2n) is 6.49. The van der Waals surface area contributed by atoms with E-state index in [0.29, 0.717) is 25.1 Å². The third kappa shape index (κ3) is 4.75. The Morgan fingerprint density at radius 2 is 1.78 bits per heavy atom. The molecule has 0 saturated carbocycles. The van der Waals surface area contributed by atoms with Crippen molar-refractivity contribution in [3.05, 3.63) is 53.7 Å². The fourth-order valence-electron chi connectivity index (χ4n) is 3.11. The molecule has 1 saturated heterocycles. The first-order valence-corrected chi connectivity index (χ1v) is 8.98. The molecule has 2 aromatic rings. The number of primary amides is 1. The van der Waals surface area contributed by atoms with Crippen LogP contribution in [-0.4, -0.2) is 55.0 Å². The quantitative estimate of drug-likeness (QED) is 0.834. The predicted octanol–water partition coefficient (Wildman–Crippen LogP) is 1.47. The maximum absolute atomic E-state index is 12.5. The molecule has 142 valence electrons. The largest absolute Gasteiger partial charge is 0.497 e. The molecular formula is C20H24N4O3. The van der Waals surface area contributed by atoms with Gasteiger partial charge in [-0.3, -0.25) is 9.59 Å². The van der Waals surface area contributed by atoms with Crippen molar-refractivity contribution in [2.24, 2.45) is 5.73 Å². The van der Waals surface area contributed by atoms with Gasteiger partial charge in [0.1, 0.15) is 11.6 Å². The number of carbonyl (C=O) groups excluding carboxylic acids is 2. The zero-order valence-electron chi connectivity index (χ0n) is 15.4. The molecule has 0 spiro atoms. The molecule has 7 heteroatoms. The number of nitrogens with two attached hydrogens (primary N) is 1. The monoisotopic (exact) mass is 368 g/mol. The van der Waals surface area contributed by atoms with E-state index in [9.17, 15) is 9.59 Å². The fraction of sp³-hybridized carbons (Fsp3) is 0.350. The number of anilines is 1. The Morgan fingerprint density at radius 3 is 2.33 bits per heavy atom. The van der Waals surface area contributed by atoms with Gasteiger partial charge in [0.25, 0.3) is 0 Å². The molecule has 1 aromatic heterocycles. The topological polar surface area (TPSA) is 88.8 Å². The van der Waals surface area contributed by atoms with Gasteiger partial charge in [0.2, 0.25) is 11.8 Å². The summed E-state index contributed by atoms with van der Waals surface area (Å²) in [6.07, 6.45) is 2.71. The van der Waals surface area contributed by atoms with Crippen molar-refractivity contribution in [2.75, 3.05) is 38.2 Å². The SMILES string of the molecule is COc1ccc(CCC(=O)N2CCN(c3ccc(C(N)=O)cn3)CC2)cc1. The summed E-state index contributed by atoms with van der Waals surface area (Å²) in [5.41, 5.74) is 6.76. The van der Waals surface area contributed by atoms with Crippen molar-refractivity contribution >= 4 is 17.6 Å². The summed E-state index contributed by atoms with van der Waals surface area (Å²) in [7, 11) is 1.64. The molecule has 1 aliphatic heterocycles. The lowest BCUT2D eigenvalue weighted by Gasteiger charge is -2.35. The Kier molecular flexibility index (Phi) is 5.90. The summed E-state index contributed by atoms with van der Waals surface area (Å²) in [5.74, 6) is 1.30. The van der Waals surface area contributed by atoms with Crippen LogP contribution in [0.3, 0.4) is 0 Å². The number of benzene rings is 1. The second-order valence-corrected chi connectivity index (χ2v) is 6.49. The van der Waals surface area contributed by atoms with E-state index in [-0.39, 0.29) is 5.91 Å². The lowest BCUT2D eigenvalue weighted by molar-refractivity contribution is -0.131. The lowest BCUT2D eigenvalue weighted by Crippen LogP contribution is -2.49. The molecule has 1 aliphatic rings. The van der Waals surface area contributed by atoms with E-state index < -0.39 is 5.91 Å². The molecule has 7 nitrogen and oxygen atoms in total. The summed E-state index contributed by atoms with van der Waals surface area (Å²) < 4.78 is 5.15. The van der Waals surface area contributed by atoms with Crippen molar-refractivity contribution in [3.63, 3.8) is 0 Å². The van der Waals surface area contributed by atoms with Crippen molar-refractivity contribution in [2.45, 2.75) is 12.8 Å². The number of carbonyl (C=O) groups is 2. The number of ether oxygens (including phenoxy) is 1. The Labute approximate surface area is 158 Å². The number of nitrogens with zero attached hydrogens (tertiary/aromatic N) is 3. The van der Waals surface area contributed by atoms with E-state index in [4.69, 9.17) is 10.5 Å². The minimum Gasteiger partial charge on any atom is -0.497 e. The molecule has 0 aliphatic carbocycles. The van der Waals surface area contributed by atoms with Crippen LogP contribution < -0.4 is 15.4 Å². The molecule has 27 heavy (non-hydrogen) atoms. The van der Waals surface area contributed by atoms with E-state index in [1.807, 2.05) is 29.2 Å². The Morgan fingerprint density at radius 1 is 1.07 bits per heavy atom. The van der Waals surface area contributed by atoms with Gasteiger partial charge >= 0.3 is 0 Å². The van der Waals surface area contributed by atoms with Crippen molar-refractivity contribution in [1.29, 1.82) is 0 Å². The predicted molar refractivity (Wildman–Crippen MR) is 103 cm³/mol. The van der Waals surface area contributed by atoms with E-state index >= 15 is 0 Å². The second kappa shape index (κ2) is 8.53. The average molecular weight is 368 g/mol. The van der Waals surface area contributed by atoms with Crippen LogP contribution in [-0.2, 0) is 11.2 Å². The van der Waals surface area contributed by atoms with Gasteiger partial charge in [-0.25, -0.2) is 4.98 Å². The summed E-state index contributed by atoms with van der Waals surface area (Å²) in [6.45, 7) is 2.77. The number of hydrogen-bond acceptors (Lipinski definition) is 5. The minimum atomic E-state index is -0.485. The van der Waals surface area contributed by atoms with Gasteiger partial charge < -0.3 is 20.3 Å². The summed E-state index contributed by atoms with van der Waals surface area (Å²) in [6, 6.07) is 11.3. The third-order valence-electron chi connectivity index (χ3n) is 4.78. The van der Waals surface area contributed by atoms with Crippen LogP contribution in [0.4, 0.5) is 5.82 Å². The van der Waals surface area contributed by atoms with Gasteiger partial charge in [-0.1, -0.05) is 12.1 Å². The molecule has 1 fully saturated rings. The molecule has 0 radical (unpaired) electrons. The van der Waals surface area contributed by atoms with E-state index in [2.05, 4.69) is 9.88 Å². The summed E-state index contributed by atoms with van der Waals surface area (Å²) in [5, 5.41) is 0. The maximum atomic E-state index is 12.5. The standard InChI is InChI=1S/C20H24N4O3/c1-27-17-6-2-15(3-7-17)4-9-19(25)24-12-10-23(11-13-24)18-8-5-16(14-22-18)20(21)26/h2-3,5-8,14H,4,9-13H2,1H3,(H2,21,26). The zero-order valence-corrected chi connectivity index (χ0v) is 15.4. The average Bonchev–Trinajstić information content (AvgIpc) is 2.72. The normalized spacial score (nSPS) is 14.1. The van der Waals surface area contributed by atoms with Gasteiger partial charge in [0.15, 0.2) is 0 Å². The molecule has 0 unspecified atom stereocenters. The summed E-state index contributed by atoms with van der Waals surface area (Å²) >= 11 is 0. The molecular weight excluding hydrogens is 344 g/mol. The van der Waals surface area contributed by atoms with E-state index in [1.54, 1.807) is 19.2 Å². The smallest absolute Gasteiger partial charge is 0.250 e. The van der Waals surface area contributed by atoms with Crippen LogP contribution in [0.15, 0.2) is 42.6 Å². The number of methoxy groups -OCH3 is 1. The molecule has 1 aromatic carbocycles. The van der Waals surface area contributed by atoms with Gasteiger partial charge in [0.05, 0.1) is 12.7 Å². The van der Waals surface area contributed by atoms with Gasteiger partial charge in [-0.2, -0.15) is 0 Å². The number of pyridine rings is 1.